The Kier molecular flexibility index (Phi) is 8.32. The van der Waals surface area contributed by atoms with Gasteiger partial charge in [-0.25, -0.2) is 9.59 Å². The number of esters is 2. The average Bonchev–Trinajstić information content (AvgIpc) is 2.75. The van der Waals surface area contributed by atoms with E-state index in [0.717, 1.165) is 25.3 Å². The summed E-state index contributed by atoms with van der Waals surface area (Å²) in [5.41, 5.74) is -0.726. The van der Waals surface area contributed by atoms with Crippen molar-refractivity contribution in [2.75, 3.05) is 24.9 Å². The van der Waals surface area contributed by atoms with E-state index in [9.17, 15) is 27.6 Å². The number of methoxy groups -OCH3 is 2. The standard InChI is InChI=1S/C22H22ClF3N2O5/c1-11(2)18(27-16-8-6-13(10-15(16)23)22(24,25)26)19(29)28-17-9-12(20(30)32-3)5-7-14(17)21(31)33-4/h5-11,18,27H,1-4H3,(H,28,29). The number of nitrogens with one attached hydrogen (secondary N) is 2. The second-order valence-electron chi connectivity index (χ2n) is 7.29. The lowest BCUT2D eigenvalue weighted by Crippen LogP contribution is -2.39. The van der Waals surface area contributed by atoms with Gasteiger partial charge in [-0.1, -0.05) is 25.4 Å². The summed E-state index contributed by atoms with van der Waals surface area (Å²) in [6.07, 6.45) is -4.56. The molecule has 2 aromatic carbocycles. The third kappa shape index (κ3) is 6.38. The van der Waals surface area contributed by atoms with Crippen LogP contribution >= 0.6 is 11.6 Å². The van der Waals surface area contributed by atoms with E-state index in [1.165, 1.54) is 25.3 Å². The van der Waals surface area contributed by atoms with Crippen molar-refractivity contribution >= 4 is 40.8 Å². The van der Waals surface area contributed by atoms with Crippen LogP contribution in [0.2, 0.25) is 5.02 Å². The molecule has 0 fully saturated rings. The van der Waals surface area contributed by atoms with E-state index >= 15 is 0 Å². The lowest BCUT2D eigenvalue weighted by Gasteiger charge is -2.24. The number of ether oxygens (including phenoxy) is 2. The van der Waals surface area contributed by atoms with Gasteiger partial charge in [-0.2, -0.15) is 13.2 Å². The highest BCUT2D eigenvalue weighted by molar-refractivity contribution is 6.33. The van der Waals surface area contributed by atoms with Crippen LogP contribution in [0.1, 0.15) is 40.1 Å². The molecule has 0 heterocycles. The van der Waals surface area contributed by atoms with Gasteiger partial charge in [-0.15, -0.1) is 0 Å². The highest BCUT2D eigenvalue weighted by Gasteiger charge is 2.31. The van der Waals surface area contributed by atoms with Crippen LogP contribution in [0.5, 0.6) is 0 Å². The van der Waals surface area contributed by atoms with Gasteiger partial charge in [-0.05, 0) is 42.3 Å². The first kappa shape index (κ1) is 26.0. The largest absolute Gasteiger partial charge is 0.465 e. The van der Waals surface area contributed by atoms with E-state index in [4.69, 9.17) is 16.3 Å². The molecule has 1 amide bonds. The summed E-state index contributed by atoms with van der Waals surface area (Å²) in [6, 6.07) is 5.69. The molecule has 2 rings (SSSR count). The SMILES string of the molecule is COC(=O)c1ccc(C(=O)OC)c(NC(=O)C(Nc2ccc(C(F)(F)F)cc2Cl)C(C)C)c1. The summed E-state index contributed by atoms with van der Waals surface area (Å²) in [4.78, 5) is 37.0. The minimum absolute atomic E-state index is 0.000663. The van der Waals surface area contributed by atoms with Crippen molar-refractivity contribution < 1.29 is 37.0 Å². The second kappa shape index (κ2) is 10.6. The van der Waals surface area contributed by atoms with E-state index in [1.54, 1.807) is 13.8 Å². The number of amides is 1. The first-order chi connectivity index (χ1) is 15.4. The molecular formula is C22H22ClF3N2O5. The van der Waals surface area contributed by atoms with Gasteiger partial charge in [0.25, 0.3) is 0 Å². The highest BCUT2D eigenvalue weighted by Crippen LogP contribution is 2.34. The van der Waals surface area contributed by atoms with Crippen molar-refractivity contribution in [3.05, 3.63) is 58.1 Å². The maximum atomic E-state index is 13.0. The number of hydrogen-bond acceptors (Lipinski definition) is 6. The molecule has 33 heavy (non-hydrogen) atoms. The number of benzene rings is 2. The lowest BCUT2D eigenvalue weighted by atomic mass is 10.0. The van der Waals surface area contributed by atoms with Crippen molar-refractivity contribution in [2.24, 2.45) is 5.92 Å². The number of rotatable bonds is 7. The van der Waals surface area contributed by atoms with E-state index in [0.29, 0.717) is 0 Å². The van der Waals surface area contributed by atoms with Gasteiger partial charge in [-0.3, -0.25) is 4.79 Å². The summed E-state index contributed by atoms with van der Waals surface area (Å²) in [6.45, 7) is 3.42. The van der Waals surface area contributed by atoms with Gasteiger partial charge in [0.1, 0.15) is 6.04 Å². The van der Waals surface area contributed by atoms with E-state index in [1.807, 2.05) is 0 Å². The molecule has 0 aliphatic rings. The predicted molar refractivity (Wildman–Crippen MR) is 116 cm³/mol. The molecule has 0 aliphatic heterocycles. The average molecular weight is 487 g/mol. The molecule has 0 spiro atoms. The number of halogens is 4. The van der Waals surface area contributed by atoms with Crippen molar-refractivity contribution in [3.63, 3.8) is 0 Å². The van der Waals surface area contributed by atoms with Crippen molar-refractivity contribution in [1.82, 2.24) is 0 Å². The van der Waals surface area contributed by atoms with Crippen LogP contribution in [0.25, 0.3) is 0 Å². The van der Waals surface area contributed by atoms with Crippen LogP contribution < -0.4 is 10.6 Å². The third-order valence-electron chi connectivity index (χ3n) is 4.66. The van der Waals surface area contributed by atoms with Crippen LogP contribution in [0, 0.1) is 5.92 Å². The molecule has 2 aromatic rings. The van der Waals surface area contributed by atoms with Gasteiger partial charge < -0.3 is 20.1 Å². The number of carbonyl (C=O) groups is 3. The summed E-state index contributed by atoms with van der Waals surface area (Å²) in [5.74, 6) is -2.39. The first-order valence-electron chi connectivity index (χ1n) is 9.63. The van der Waals surface area contributed by atoms with E-state index < -0.39 is 35.6 Å². The molecule has 0 radical (unpaired) electrons. The molecule has 2 N–H and O–H groups in total. The van der Waals surface area contributed by atoms with Gasteiger partial charge in [0.2, 0.25) is 5.91 Å². The van der Waals surface area contributed by atoms with E-state index in [-0.39, 0.29) is 33.4 Å². The highest BCUT2D eigenvalue weighted by atomic mass is 35.5. The van der Waals surface area contributed by atoms with Crippen molar-refractivity contribution in [2.45, 2.75) is 26.1 Å². The number of anilines is 2. The van der Waals surface area contributed by atoms with Gasteiger partial charge in [0, 0.05) is 0 Å². The van der Waals surface area contributed by atoms with Gasteiger partial charge in [0.05, 0.1) is 47.3 Å². The van der Waals surface area contributed by atoms with Crippen molar-refractivity contribution in [3.8, 4) is 0 Å². The second-order valence-corrected chi connectivity index (χ2v) is 7.70. The maximum absolute atomic E-state index is 13.0. The van der Waals surface area contributed by atoms with Gasteiger partial charge in [0.15, 0.2) is 0 Å². The zero-order valence-electron chi connectivity index (χ0n) is 18.2. The Balaban J connectivity index is 2.36. The quantitative estimate of drug-likeness (QED) is 0.534. The van der Waals surface area contributed by atoms with Crippen LogP contribution in [0.3, 0.4) is 0 Å². The van der Waals surface area contributed by atoms with Crippen LogP contribution in [-0.4, -0.2) is 38.1 Å². The Morgan fingerprint density at radius 1 is 0.939 bits per heavy atom. The predicted octanol–water partition coefficient (Wildman–Crippen LogP) is 5.01. The third-order valence-corrected chi connectivity index (χ3v) is 4.97. The van der Waals surface area contributed by atoms with Crippen LogP contribution in [-0.2, 0) is 20.4 Å². The molecule has 0 saturated heterocycles. The summed E-state index contributed by atoms with van der Waals surface area (Å²) in [7, 11) is 2.34. The Bertz CT molecular complexity index is 1060. The zero-order valence-corrected chi connectivity index (χ0v) is 18.9. The molecule has 0 aliphatic carbocycles. The monoisotopic (exact) mass is 486 g/mol. The topological polar surface area (TPSA) is 93.7 Å². The van der Waals surface area contributed by atoms with Crippen LogP contribution in [0.4, 0.5) is 24.5 Å². The smallest absolute Gasteiger partial charge is 0.416 e. The molecule has 11 heteroatoms. The molecule has 1 atom stereocenters. The lowest BCUT2D eigenvalue weighted by molar-refractivity contribution is -0.137. The Hall–Kier alpha value is -3.27. The number of hydrogen-bond donors (Lipinski definition) is 2. The summed E-state index contributed by atoms with van der Waals surface area (Å²) < 4.78 is 48.1. The molecule has 0 bridgehead atoms. The molecule has 178 valence electrons. The Morgan fingerprint density at radius 3 is 2.09 bits per heavy atom. The van der Waals surface area contributed by atoms with Crippen LogP contribution in [0.15, 0.2) is 36.4 Å². The Morgan fingerprint density at radius 2 is 1.58 bits per heavy atom. The summed E-state index contributed by atoms with van der Waals surface area (Å²) in [5, 5.41) is 5.19. The Labute approximate surface area is 193 Å². The molecular weight excluding hydrogens is 465 g/mol. The van der Waals surface area contributed by atoms with E-state index in [2.05, 4.69) is 15.4 Å². The minimum Gasteiger partial charge on any atom is -0.465 e. The summed E-state index contributed by atoms with van der Waals surface area (Å²) >= 11 is 6.00. The number of alkyl halides is 3. The zero-order chi connectivity index (χ0) is 24.9. The minimum atomic E-state index is -4.56. The fourth-order valence-electron chi connectivity index (χ4n) is 2.90. The molecule has 0 saturated carbocycles. The molecule has 1 unspecified atom stereocenters. The fourth-order valence-corrected chi connectivity index (χ4v) is 3.14. The normalized spacial score (nSPS) is 12.2. The molecule has 7 nitrogen and oxygen atoms in total. The molecule has 0 aromatic heterocycles. The fraction of sp³-hybridized carbons (Fsp3) is 0.318. The van der Waals surface area contributed by atoms with Crippen molar-refractivity contribution in [1.29, 1.82) is 0 Å². The van der Waals surface area contributed by atoms with Gasteiger partial charge >= 0.3 is 18.1 Å². The maximum Gasteiger partial charge on any atom is 0.416 e. The first-order valence-corrected chi connectivity index (χ1v) is 10.0. The number of carbonyl (C=O) groups excluding carboxylic acids is 3.